The highest BCUT2D eigenvalue weighted by Gasteiger charge is 2.30. The minimum absolute atomic E-state index is 0.474. The largest absolute Gasteiger partial charge is 0.340 e. The second kappa shape index (κ2) is 6.62. The molecule has 0 unspecified atom stereocenters. The van der Waals surface area contributed by atoms with E-state index in [-0.39, 0.29) is 0 Å². The van der Waals surface area contributed by atoms with Gasteiger partial charge in [0.1, 0.15) is 0 Å². The van der Waals surface area contributed by atoms with Crippen molar-refractivity contribution in [3.63, 3.8) is 0 Å². The van der Waals surface area contributed by atoms with E-state index < -0.39 is 0 Å². The molecule has 0 aliphatic carbocycles. The number of hydrogen-bond acceptors (Lipinski definition) is 3. The fraction of sp³-hybridized carbons (Fsp3) is 0.900. The lowest BCUT2D eigenvalue weighted by atomic mass is 10.2. The summed E-state index contributed by atoms with van der Waals surface area (Å²) in [5.41, 5.74) is 0. The first-order valence-corrected chi connectivity index (χ1v) is 7.37. The molecule has 4 heteroatoms. The molecule has 0 spiro atoms. The molecule has 1 heterocycles. The van der Waals surface area contributed by atoms with Crippen LogP contribution in [0.2, 0.25) is 0 Å². The highest BCUT2D eigenvalue weighted by Crippen LogP contribution is 2.33. The van der Waals surface area contributed by atoms with Crippen LogP contribution in [0.4, 0.5) is 0 Å². The molecule has 0 saturated carbocycles. The predicted molar refractivity (Wildman–Crippen MR) is 65.8 cm³/mol. The Hall–Kier alpha value is 0.170. The van der Waals surface area contributed by atoms with Crippen LogP contribution in [0.1, 0.15) is 26.7 Å². The van der Waals surface area contributed by atoms with Gasteiger partial charge >= 0.3 is 0 Å². The van der Waals surface area contributed by atoms with Gasteiger partial charge in [-0.1, -0.05) is 13.8 Å². The van der Waals surface area contributed by atoms with Crippen molar-refractivity contribution in [1.29, 1.82) is 0 Å². The zero-order valence-corrected chi connectivity index (χ0v) is 10.6. The summed E-state index contributed by atoms with van der Waals surface area (Å²) in [4.78, 5) is 12.8. The van der Waals surface area contributed by atoms with Crippen LogP contribution < -0.4 is 0 Å². The molecule has 2 nitrogen and oxygen atoms in total. The minimum Gasteiger partial charge on any atom is -0.340 e. The van der Waals surface area contributed by atoms with Gasteiger partial charge in [-0.05, 0) is 24.3 Å². The summed E-state index contributed by atoms with van der Waals surface area (Å²) < 4.78 is 0.581. The number of rotatable bonds is 6. The third-order valence-corrected chi connectivity index (χ3v) is 5.22. The molecule has 1 aliphatic heterocycles. The van der Waals surface area contributed by atoms with Gasteiger partial charge in [0.2, 0.25) is 6.41 Å². The molecule has 0 N–H and O–H groups in total. The maximum absolute atomic E-state index is 10.8. The van der Waals surface area contributed by atoms with Crippen molar-refractivity contribution >= 4 is 29.9 Å². The molecular formula is C10H19NOS2. The van der Waals surface area contributed by atoms with Crippen LogP contribution >= 0.6 is 23.5 Å². The van der Waals surface area contributed by atoms with Crippen molar-refractivity contribution in [1.82, 2.24) is 4.90 Å². The third-order valence-electron chi connectivity index (χ3n) is 2.45. The van der Waals surface area contributed by atoms with Gasteiger partial charge < -0.3 is 4.90 Å². The van der Waals surface area contributed by atoms with E-state index in [2.05, 4.69) is 13.8 Å². The number of nitrogens with zero attached hydrogens (tertiary/aromatic N) is 1. The van der Waals surface area contributed by atoms with Crippen molar-refractivity contribution in [2.75, 3.05) is 18.1 Å². The Labute approximate surface area is 95.2 Å². The molecule has 1 fully saturated rings. The molecule has 1 rings (SSSR count). The van der Waals surface area contributed by atoms with Gasteiger partial charge in [0.05, 0.1) is 10.6 Å². The summed E-state index contributed by atoms with van der Waals surface area (Å²) in [5.74, 6) is 2.28. The van der Waals surface area contributed by atoms with Gasteiger partial charge in [-0.25, -0.2) is 0 Å². The number of carbonyl (C=O) groups is 1. The van der Waals surface area contributed by atoms with Crippen molar-refractivity contribution < 1.29 is 4.79 Å². The van der Waals surface area contributed by atoms with Crippen LogP contribution in [0.25, 0.3) is 0 Å². The van der Waals surface area contributed by atoms with Crippen LogP contribution in [-0.2, 0) is 4.79 Å². The Morgan fingerprint density at radius 2 is 2.07 bits per heavy atom. The van der Waals surface area contributed by atoms with Gasteiger partial charge in [0, 0.05) is 6.54 Å². The quantitative estimate of drug-likeness (QED) is 0.519. The molecule has 0 aromatic heterocycles. The van der Waals surface area contributed by atoms with E-state index in [1.807, 2.05) is 28.4 Å². The lowest BCUT2D eigenvalue weighted by molar-refractivity contribution is -0.118. The Morgan fingerprint density at radius 1 is 1.43 bits per heavy atom. The number of carbonyl (C=O) groups excluding carboxylic acids is 1. The number of thioether (sulfide) groups is 2. The van der Waals surface area contributed by atoms with E-state index in [0.29, 0.717) is 10.6 Å². The van der Waals surface area contributed by atoms with Gasteiger partial charge in [0.25, 0.3) is 0 Å². The third kappa shape index (κ3) is 3.09. The molecule has 1 atom stereocenters. The molecular weight excluding hydrogens is 214 g/mol. The number of hydrogen-bond donors (Lipinski definition) is 0. The fourth-order valence-corrected chi connectivity index (χ4v) is 4.72. The van der Waals surface area contributed by atoms with Crippen molar-refractivity contribution in [2.24, 2.45) is 0 Å². The zero-order valence-electron chi connectivity index (χ0n) is 8.94. The summed E-state index contributed by atoms with van der Waals surface area (Å²) in [6.45, 7) is 5.33. The van der Waals surface area contributed by atoms with Crippen LogP contribution in [0.5, 0.6) is 0 Å². The van der Waals surface area contributed by atoms with Gasteiger partial charge in [0.15, 0.2) is 0 Å². The van der Waals surface area contributed by atoms with Gasteiger partial charge in [-0.3, -0.25) is 4.79 Å². The topological polar surface area (TPSA) is 20.3 Å². The monoisotopic (exact) mass is 233 g/mol. The summed E-state index contributed by atoms with van der Waals surface area (Å²) >= 11 is 3.96. The molecule has 0 bridgehead atoms. The van der Waals surface area contributed by atoms with Gasteiger partial charge in [-0.15, -0.1) is 23.5 Å². The average molecular weight is 233 g/mol. The fourth-order valence-electron chi connectivity index (χ4n) is 1.84. The van der Waals surface area contributed by atoms with Crippen molar-refractivity contribution in [3.8, 4) is 0 Å². The first kappa shape index (κ1) is 12.2. The first-order chi connectivity index (χ1) is 6.83. The highest BCUT2D eigenvalue weighted by atomic mass is 32.2. The average Bonchev–Trinajstić information content (AvgIpc) is 2.65. The molecule has 0 radical (unpaired) electrons. The zero-order chi connectivity index (χ0) is 10.4. The molecule has 0 aromatic carbocycles. The van der Waals surface area contributed by atoms with Crippen LogP contribution in [0.3, 0.4) is 0 Å². The summed E-state index contributed by atoms with van der Waals surface area (Å²) in [6, 6.07) is 0.474. The summed E-state index contributed by atoms with van der Waals surface area (Å²) in [7, 11) is 0. The van der Waals surface area contributed by atoms with E-state index >= 15 is 0 Å². The number of amides is 1. The lowest BCUT2D eigenvalue weighted by Crippen LogP contribution is -2.35. The Kier molecular flexibility index (Phi) is 5.78. The van der Waals surface area contributed by atoms with Crippen molar-refractivity contribution in [3.05, 3.63) is 0 Å². The maximum atomic E-state index is 10.8. The normalized spacial score (nSPS) is 21.9. The molecule has 0 aromatic rings. The molecule has 1 aliphatic rings. The van der Waals surface area contributed by atoms with E-state index in [0.717, 1.165) is 24.5 Å². The SMILES string of the molecule is CCSC(SCC)[C@H]1CCCN1C=O. The van der Waals surface area contributed by atoms with Crippen LogP contribution in [0, 0.1) is 0 Å². The van der Waals surface area contributed by atoms with E-state index in [9.17, 15) is 4.79 Å². The van der Waals surface area contributed by atoms with Gasteiger partial charge in [-0.2, -0.15) is 0 Å². The lowest BCUT2D eigenvalue weighted by Gasteiger charge is -2.27. The van der Waals surface area contributed by atoms with Crippen molar-refractivity contribution in [2.45, 2.75) is 37.3 Å². The Bertz CT molecular complexity index is 172. The second-order valence-corrected chi connectivity index (χ2v) is 6.47. The standard InChI is InChI=1S/C10H19NOS2/c1-3-13-10(14-4-2)9-6-5-7-11(9)8-12/h8-10H,3-7H2,1-2H3/t9-/m1/s1. The van der Waals surface area contributed by atoms with E-state index in [4.69, 9.17) is 0 Å². The summed E-state index contributed by atoms with van der Waals surface area (Å²) in [5, 5.41) is 0. The minimum atomic E-state index is 0.474. The summed E-state index contributed by atoms with van der Waals surface area (Å²) in [6.07, 6.45) is 3.38. The molecule has 82 valence electrons. The van der Waals surface area contributed by atoms with E-state index in [1.165, 1.54) is 12.8 Å². The maximum Gasteiger partial charge on any atom is 0.210 e. The van der Waals surface area contributed by atoms with Crippen LogP contribution in [-0.4, -0.2) is 40.0 Å². The Balaban J connectivity index is 2.51. The Morgan fingerprint density at radius 3 is 2.57 bits per heavy atom. The van der Waals surface area contributed by atoms with E-state index in [1.54, 1.807) is 0 Å². The molecule has 1 saturated heterocycles. The number of likely N-dealkylation sites (tertiary alicyclic amines) is 1. The smallest absolute Gasteiger partial charge is 0.210 e. The predicted octanol–water partition coefficient (Wildman–Crippen LogP) is 2.44. The van der Waals surface area contributed by atoms with Crippen LogP contribution in [0.15, 0.2) is 0 Å². The molecule has 14 heavy (non-hydrogen) atoms. The highest BCUT2D eigenvalue weighted by molar-refractivity contribution is 8.17. The first-order valence-electron chi connectivity index (χ1n) is 5.27. The molecule has 1 amide bonds. The second-order valence-electron chi connectivity index (χ2n) is 3.33.